The Morgan fingerprint density at radius 1 is 1.19 bits per heavy atom. The highest BCUT2D eigenvalue weighted by Crippen LogP contribution is 2.32. The summed E-state index contributed by atoms with van der Waals surface area (Å²) in [5.41, 5.74) is 4.08. The molecule has 26 heavy (non-hydrogen) atoms. The molecular weight excluding hydrogens is 350 g/mol. The van der Waals surface area contributed by atoms with E-state index in [4.69, 9.17) is 0 Å². The van der Waals surface area contributed by atoms with Crippen LogP contribution < -0.4 is 5.32 Å². The molecule has 132 valence electrons. The first-order valence-electron chi connectivity index (χ1n) is 7.94. The predicted octanol–water partition coefficient (Wildman–Crippen LogP) is 3.70. The van der Waals surface area contributed by atoms with Gasteiger partial charge >= 0.3 is 5.97 Å². The van der Waals surface area contributed by atoms with Crippen LogP contribution in [0.4, 0.5) is 5.13 Å². The number of carbonyl (C=O) groups excluding carboxylic acids is 1. The maximum atomic E-state index is 12.3. The molecular formula is C19H17N3O3S. The number of nitrogens with one attached hydrogen (secondary N) is 1. The third-order valence-corrected chi connectivity index (χ3v) is 4.90. The Labute approximate surface area is 154 Å². The van der Waals surface area contributed by atoms with Gasteiger partial charge < -0.3 is 5.11 Å². The summed E-state index contributed by atoms with van der Waals surface area (Å²) in [4.78, 5) is 32.5. The molecule has 0 fully saturated rings. The number of aliphatic carboxylic acids is 1. The summed E-state index contributed by atoms with van der Waals surface area (Å²) in [6, 6.07) is 9.19. The third kappa shape index (κ3) is 3.94. The summed E-state index contributed by atoms with van der Waals surface area (Å²) in [5.74, 6) is -1.27. The number of benzene rings is 1. The first-order valence-corrected chi connectivity index (χ1v) is 8.76. The fourth-order valence-electron chi connectivity index (χ4n) is 2.44. The zero-order valence-electron chi connectivity index (χ0n) is 14.3. The minimum Gasteiger partial charge on any atom is -0.481 e. The van der Waals surface area contributed by atoms with E-state index in [0.29, 0.717) is 21.3 Å². The molecule has 2 heterocycles. The average molecular weight is 367 g/mol. The van der Waals surface area contributed by atoms with Crippen molar-refractivity contribution in [2.24, 2.45) is 0 Å². The lowest BCUT2D eigenvalue weighted by atomic mass is 10.0. The molecule has 0 spiro atoms. The Balaban J connectivity index is 1.95. The molecule has 6 nitrogen and oxygen atoms in total. The van der Waals surface area contributed by atoms with E-state index >= 15 is 0 Å². The van der Waals surface area contributed by atoms with Gasteiger partial charge in [0, 0.05) is 22.8 Å². The number of thiazole rings is 1. The Morgan fingerprint density at radius 3 is 2.65 bits per heavy atom. The number of carboxylic acid groups (broad SMARTS) is 1. The quantitative estimate of drug-likeness (QED) is 0.717. The molecule has 0 aliphatic rings. The number of anilines is 1. The van der Waals surface area contributed by atoms with E-state index in [-0.39, 0.29) is 12.3 Å². The molecule has 1 amide bonds. The zero-order chi connectivity index (χ0) is 18.7. The number of carboxylic acids is 1. The van der Waals surface area contributed by atoms with Gasteiger partial charge in [-0.05, 0) is 43.2 Å². The number of nitrogens with zero attached hydrogens (tertiary/aromatic N) is 2. The maximum absolute atomic E-state index is 12.3. The van der Waals surface area contributed by atoms with Crippen molar-refractivity contribution < 1.29 is 14.7 Å². The summed E-state index contributed by atoms with van der Waals surface area (Å²) in [6.07, 6.45) is 2.90. The van der Waals surface area contributed by atoms with Gasteiger partial charge in [-0.3, -0.25) is 19.9 Å². The number of pyridine rings is 1. The van der Waals surface area contributed by atoms with Crippen LogP contribution in [0.2, 0.25) is 0 Å². The van der Waals surface area contributed by atoms with Crippen molar-refractivity contribution >= 4 is 28.3 Å². The molecule has 2 N–H and O–H groups in total. The summed E-state index contributed by atoms with van der Waals surface area (Å²) in [7, 11) is 0. The number of aryl methyl sites for hydroxylation is 2. The molecule has 0 radical (unpaired) electrons. The van der Waals surface area contributed by atoms with Crippen LogP contribution in [0.1, 0.15) is 26.4 Å². The first-order chi connectivity index (χ1) is 12.4. The van der Waals surface area contributed by atoms with Gasteiger partial charge in [0.1, 0.15) is 0 Å². The van der Waals surface area contributed by atoms with Crippen LogP contribution in [0.15, 0.2) is 42.7 Å². The van der Waals surface area contributed by atoms with Crippen LogP contribution in [0.25, 0.3) is 11.3 Å². The number of carbonyl (C=O) groups is 2. The van der Waals surface area contributed by atoms with Crippen molar-refractivity contribution in [3.63, 3.8) is 0 Å². The van der Waals surface area contributed by atoms with Gasteiger partial charge in [0.15, 0.2) is 5.13 Å². The fourth-order valence-corrected chi connectivity index (χ4v) is 3.41. The first kappa shape index (κ1) is 17.8. The maximum Gasteiger partial charge on any atom is 0.308 e. The number of hydrogen-bond donors (Lipinski definition) is 2. The molecule has 3 rings (SSSR count). The number of amides is 1. The van der Waals surface area contributed by atoms with Crippen LogP contribution in [-0.4, -0.2) is 27.0 Å². The van der Waals surface area contributed by atoms with Gasteiger partial charge in [-0.15, -0.1) is 11.3 Å². The minimum absolute atomic E-state index is 0.150. The van der Waals surface area contributed by atoms with Crippen LogP contribution in [0.3, 0.4) is 0 Å². The van der Waals surface area contributed by atoms with E-state index < -0.39 is 5.97 Å². The Hall–Kier alpha value is -3.06. The van der Waals surface area contributed by atoms with Gasteiger partial charge in [-0.1, -0.05) is 12.1 Å². The van der Waals surface area contributed by atoms with Crippen molar-refractivity contribution in [1.82, 2.24) is 9.97 Å². The van der Waals surface area contributed by atoms with E-state index in [1.54, 1.807) is 18.3 Å². The minimum atomic E-state index is -0.941. The van der Waals surface area contributed by atoms with Gasteiger partial charge in [0.25, 0.3) is 5.91 Å². The van der Waals surface area contributed by atoms with E-state index in [0.717, 1.165) is 16.7 Å². The van der Waals surface area contributed by atoms with Gasteiger partial charge in [-0.2, -0.15) is 0 Å². The van der Waals surface area contributed by atoms with Crippen LogP contribution in [0, 0.1) is 13.8 Å². The van der Waals surface area contributed by atoms with Gasteiger partial charge in [0.05, 0.1) is 17.7 Å². The molecule has 0 saturated heterocycles. The second-order valence-corrected chi connectivity index (χ2v) is 6.94. The summed E-state index contributed by atoms with van der Waals surface area (Å²) < 4.78 is 0. The summed E-state index contributed by atoms with van der Waals surface area (Å²) in [6.45, 7) is 4.00. The average Bonchev–Trinajstić information content (AvgIpc) is 2.99. The number of aromatic nitrogens is 2. The van der Waals surface area contributed by atoms with Gasteiger partial charge in [0.2, 0.25) is 0 Å². The molecule has 2 aromatic heterocycles. The summed E-state index contributed by atoms with van der Waals surface area (Å²) in [5, 5.41) is 12.3. The molecule has 0 aliphatic carbocycles. The molecule has 0 unspecified atom stereocenters. The predicted molar refractivity (Wildman–Crippen MR) is 101 cm³/mol. The zero-order valence-corrected chi connectivity index (χ0v) is 15.1. The molecule has 0 aliphatic heterocycles. The van der Waals surface area contributed by atoms with Crippen LogP contribution >= 0.6 is 11.3 Å². The number of rotatable bonds is 5. The molecule has 3 aromatic rings. The second-order valence-electron chi connectivity index (χ2n) is 5.86. The van der Waals surface area contributed by atoms with Crippen LogP contribution in [0.5, 0.6) is 0 Å². The Bertz CT molecular complexity index is 967. The standard InChI is InChI=1S/C19H17N3O3S/c1-11-5-6-13(8-12(11)2)17-15(9-16(23)24)26-19(21-17)22-18(25)14-4-3-7-20-10-14/h3-8,10H,9H2,1-2H3,(H,23,24)(H,21,22,25). The molecule has 0 atom stereocenters. The third-order valence-electron chi connectivity index (χ3n) is 3.93. The summed E-state index contributed by atoms with van der Waals surface area (Å²) >= 11 is 1.17. The Kier molecular flexibility index (Phi) is 5.09. The molecule has 0 bridgehead atoms. The van der Waals surface area contributed by atoms with E-state index in [1.807, 2.05) is 32.0 Å². The van der Waals surface area contributed by atoms with Gasteiger partial charge in [-0.25, -0.2) is 4.98 Å². The highest BCUT2D eigenvalue weighted by Gasteiger charge is 2.18. The monoisotopic (exact) mass is 367 g/mol. The molecule has 1 aromatic carbocycles. The van der Waals surface area contributed by atoms with Crippen molar-refractivity contribution in [2.45, 2.75) is 20.3 Å². The lowest BCUT2D eigenvalue weighted by Gasteiger charge is -2.04. The van der Waals surface area contributed by atoms with E-state index in [1.165, 1.54) is 17.5 Å². The SMILES string of the molecule is Cc1ccc(-c2nc(NC(=O)c3cccnc3)sc2CC(=O)O)cc1C. The second kappa shape index (κ2) is 7.45. The molecule has 7 heteroatoms. The van der Waals surface area contributed by atoms with Crippen molar-refractivity contribution in [3.8, 4) is 11.3 Å². The lowest BCUT2D eigenvalue weighted by molar-refractivity contribution is -0.136. The highest BCUT2D eigenvalue weighted by atomic mass is 32.1. The highest BCUT2D eigenvalue weighted by molar-refractivity contribution is 7.16. The molecule has 0 saturated carbocycles. The van der Waals surface area contributed by atoms with Crippen LogP contribution in [-0.2, 0) is 11.2 Å². The lowest BCUT2D eigenvalue weighted by Crippen LogP contribution is -2.11. The van der Waals surface area contributed by atoms with Crippen molar-refractivity contribution in [2.75, 3.05) is 5.32 Å². The topological polar surface area (TPSA) is 92.2 Å². The number of hydrogen-bond acceptors (Lipinski definition) is 5. The van der Waals surface area contributed by atoms with E-state index in [9.17, 15) is 14.7 Å². The van der Waals surface area contributed by atoms with E-state index in [2.05, 4.69) is 15.3 Å². The van der Waals surface area contributed by atoms with Crippen molar-refractivity contribution in [1.29, 1.82) is 0 Å². The largest absolute Gasteiger partial charge is 0.481 e. The smallest absolute Gasteiger partial charge is 0.308 e. The Morgan fingerprint density at radius 2 is 2.00 bits per heavy atom. The van der Waals surface area contributed by atoms with Crippen molar-refractivity contribution in [3.05, 3.63) is 64.3 Å². The normalized spacial score (nSPS) is 10.5. The fraction of sp³-hybridized carbons (Fsp3) is 0.158.